The monoisotopic (exact) mass is 302 g/mol. The summed E-state index contributed by atoms with van der Waals surface area (Å²) >= 11 is 6.02. The molecule has 1 fully saturated rings. The lowest BCUT2D eigenvalue weighted by atomic mass is 10.1. The van der Waals surface area contributed by atoms with Gasteiger partial charge in [-0.1, -0.05) is 11.6 Å². The van der Waals surface area contributed by atoms with Gasteiger partial charge in [0.15, 0.2) is 0 Å². The van der Waals surface area contributed by atoms with E-state index in [0.29, 0.717) is 21.9 Å². The second-order valence-corrected chi connectivity index (χ2v) is 5.64. The third-order valence-corrected chi connectivity index (χ3v) is 4.18. The molecule has 1 aliphatic rings. The minimum atomic E-state index is -0.283. The van der Waals surface area contributed by atoms with Crippen LogP contribution in [0.1, 0.15) is 24.8 Å². The van der Waals surface area contributed by atoms with Gasteiger partial charge < -0.3 is 9.47 Å². The van der Waals surface area contributed by atoms with E-state index in [1.165, 1.54) is 11.0 Å². The van der Waals surface area contributed by atoms with Gasteiger partial charge in [-0.05, 0) is 31.4 Å². The van der Waals surface area contributed by atoms with Crippen molar-refractivity contribution in [3.8, 4) is 6.07 Å². The van der Waals surface area contributed by atoms with Crippen LogP contribution < -0.4 is 10.5 Å². The van der Waals surface area contributed by atoms with Crippen molar-refractivity contribution in [2.24, 2.45) is 7.05 Å². The minimum absolute atomic E-state index is 0.154. The lowest BCUT2D eigenvalue weighted by molar-refractivity contribution is 0.578. The summed E-state index contributed by atoms with van der Waals surface area (Å²) in [4.78, 5) is 18.9. The van der Waals surface area contributed by atoms with Crippen LogP contribution in [-0.2, 0) is 7.05 Å². The summed E-state index contributed by atoms with van der Waals surface area (Å²) in [5.41, 5.74) is 1.83. The molecule has 2 aromatic rings. The zero-order chi connectivity index (χ0) is 15.0. The topological polar surface area (TPSA) is 61.9 Å². The maximum atomic E-state index is 12.4. The van der Waals surface area contributed by atoms with Crippen LogP contribution in [0.3, 0.4) is 0 Å². The van der Waals surface area contributed by atoms with Gasteiger partial charge in [-0.15, -0.1) is 0 Å². The number of anilines is 1. The molecule has 2 aromatic heterocycles. The molecule has 0 saturated carbocycles. The van der Waals surface area contributed by atoms with Gasteiger partial charge in [-0.3, -0.25) is 4.79 Å². The fraction of sp³-hybridized carbons (Fsp3) is 0.400. The fourth-order valence-electron chi connectivity index (χ4n) is 2.90. The number of rotatable bonds is 1. The maximum Gasteiger partial charge on any atom is 0.270 e. The van der Waals surface area contributed by atoms with Crippen LogP contribution in [0.25, 0.3) is 11.0 Å². The Balaban J connectivity index is 2.39. The predicted molar refractivity (Wildman–Crippen MR) is 82.8 cm³/mol. The smallest absolute Gasteiger partial charge is 0.270 e. The summed E-state index contributed by atoms with van der Waals surface area (Å²) in [6, 6.07) is 5.50. The van der Waals surface area contributed by atoms with Gasteiger partial charge in [0.1, 0.15) is 22.3 Å². The number of aromatic nitrogens is 2. The van der Waals surface area contributed by atoms with E-state index >= 15 is 0 Å². The molecule has 1 saturated heterocycles. The lowest BCUT2D eigenvalue weighted by Gasteiger charge is -2.30. The highest BCUT2D eigenvalue weighted by Gasteiger charge is 2.22. The molecule has 5 nitrogen and oxygen atoms in total. The Kier molecular flexibility index (Phi) is 3.56. The summed E-state index contributed by atoms with van der Waals surface area (Å²) in [5.74, 6) is 0. The summed E-state index contributed by atoms with van der Waals surface area (Å²) in [7, 11) is 1.65. The average Bonchev–Trinajstić information content (AvgIpc) is 2.51. The highest BCUT2D eigenvalue weighted by molar-refractivity contribution is 6.29. The van der Waals surface area contributed by atoms with Crippen molar-refractivity contribution < 1.29 is 0 Å². The Labute approximate surface area is 127 Å². The van der Waals surface area contributed by atoms with E-state index < -0.39 is 0 Å². The molecular formula is C15H15ClN4O. The minimum Gasteiger partial charge on any atom is -0.368 e. The van der Waals surface area contributed by atoms with Gasteiger partial charge in [-0.2, -0.15) is 5.26 Å². The molecule has 0 aliphatic carbocycles. The largest absolute Gasteiger partial charge is 0.368 e. The maximum absolute atomic E-state index is 12.4. The van der Waals surface area contributed by atoms with E-state index in [-0.39, 0.29) is 11.1 Å². The number of piperidine rings is 1. The van der Waals surface area contributed by atoms with Crippen LogP contribution in [0.15, 0.2) is 16.9 Å². The standard InChI is InChI=1S/C15H15ClN4O/c1-19-11-5-6-12(16)18-13(11)14(10(9-17)15(19)21)20-7-3-2-4-8-20/h5-6H,2-4,7-8H2,1H3. The summed E-state index contributed by atoms with van der Waals surface area (Å²) in [5, 5.41) is 9.80. The molecule has 0 unspecified atom stereocenters. The Morgan fingerprint density at radius 3 is 2.67 bits per heavy atom. The molecule has 0 spiro atoms. The highest BCUT2D eigenvalue weighted by atomic mass is 35.5. The van der Waals surface area contributed by atoms with Gasteiger partial charge in [-0.25, -0.2) is 4.98 Å². The average molecular weight is 303 g/mol. The van der Waals surface area contributed by atoms with Crippen LogP contribution in [-0.4, -0.2) is 22.6 Å². The third-order valence-electron chi connectivity index (χ3n) is 3.97. The summed E-state index contributed by atoms with van der Waals surface area (Å²) < 4.78 is 1.46. The van der Waals surface area contributed by atoms with Gasteiger partial charge in [0.25, 0.3) is 5.56 Å². The molecule has 0 amide bonds. The van der Waals surface area contributed by atoms with Crippen LogP contribution >= 0.6 is 11.6 Å². The first-order valence-corrected chi connectivity index (χ1v) is 7.35. The summed E-state index contributed by atoms with van der Waals surface area (Å²) in [6.07, 6.45) is 3.29. The van der Waals surface area contributed by atoms with Gasteiger partial charge in [0.2, 0.25) is 0 Å². The van der Waals surface area contributed by atoms with E-state index in [1.807, 2.05) is 0 Å². The molecule has 1 aliphatic heterocycles. The van der Waals surface area contributed by atoms with Crippen molar-refractivity contribution in [1.82, 2.24) is 9.55 Å². The van der Waals surface area contributed by atoms with Crippen molar-refractivity contribution >= 4 is 28.3 Å². The first-order valence-electron chi connectivity index (χ1n) is 6.98. The van der Waals surface area contributed by atoms with Crippen LogP contribution in [0, 0.1) is 11.3 Å². The van der Waals surface area contributed by atoms with Crippen LogP contribution in [0.2, 0.25) is 5.15 Å². The van der Waals surface area contributed by atoms with Crippen molar-refractivity contribution in [3.63, 3.8) is 0 Å². The quantitative estimate of drug-likeness (QED) is 0.759. The molecule has 21 heavy (non-hydrogen) atoms. The molecule has 3 rings (SSSR count). The van der Waals surface area contributed by atoms with E-state index in [0.717, 1.165) is 25.9 Å². The lowest BCUT2D eigenvalue weighted by Crippen LogP contribution is -2.33. The Morgan fingerprint density at radius 1 is 1.29 bits per heavy atom. The number of nitriles is 1. The number of hydrogen-bond acceptors (Lipinski definition) is 4. The van der Waals surface area contributed by atoms with Crippen molar-refractivity contribution in [1.29, 1.82) is 5.26 Å². The molecule has 0 aromatic carbocycles. The van der Waals surface area contributed by atoms with E-state index in [2.05, 4.69) is 16.0 Å². The molecular weight excluding hydrogens is 288 g/mol. The Morgan fingerprint density at radius 2 is 2.00 bits per heavy atom. The molecule has 0 radical (unpaired) electrons. The van der Waals surface area contributed by atoms with Crippen molar-refractivity contribution in [3.05, 3.63) is 33.2 Å². The van der Waals surface area contributed by atoms with E-state index in [1.54, 1.807) is 19.2 Å². The Bertz CT molecular complexity index is 800. The molecule has 0 atom stereocenters. The van der Waals surface area contributed by atoms with Crippen molar-refractivity contribution in [2.45, 2.75) is 19.3 Å². The van der Waals surface area contributed by atoms with Crippen molar-refractivity contribution in [2.75, 3.05) is 18.0 Å². The third kappa shape index (κ3) is 2.26. The fourth-order valence-corrected chi connectivity index (χ4v) is 3.04. The first-order chi connectivity index (χ1) is 10.1. The second-order valence-electron chi connectivity index (χ2n) is 5.25. The zero-order valence-electron chi connectivity index (χ0n) is 11.8. The number of hydrogen-bond donors (Lipinski definition) is 0. The molecule has 6 heteroatoms. The first kappa shape index (κ1) is 13.9. The SMILES string of the molecule is Cn1c(=O)c(C#N)c(N2CCCCC2)c2nc(Cl)ccc21. The molecule has 0 N–H and O–H groups in total. The number of halogens is 1. The second kappa shape index (κ2) is 5.38. The highest BCUT2D eigenvalue weighted by Crippen LogP contribution is 2.30. The molecule has 108 valence electrons. The van der Waals surface area contributed by atoms with Crippen LogP contribution in [0.5, 0.6) is 0 Å². The Hall–Kier alpha value is -2.06. The molecule has 3 heterocycles. The predicted octanol–water partition coefficient (Wildman–Crippen LogP) is 2.45. The summed E-state index contributed by atoms with van der Waals surface area (Å²) in [6.45, 7) is 1.68. The zero-order valence-corrected chi connectivity index (χ0v) is 12.5. The number of aryl methyl sites for hydroxylation is 1. The molecule has 0 bridgehead atoms. The van der Waals surface area contributed by atoms with E-state index in [9.17, 15) is 10.1 Å². The van der Waals surface area contributed by atoms with Gasteiger partial charge in [0, 0.05) is 20.1 Å². The number of fused-ring (bicyclic) bond motifs is 1. The van der Waals surface area contributed by atoms with Crippen LogP contribution in [0.4, 0.5) is 5.69 Å². The van der Waals surface area contributed by atoms with E-state index in [4.69, 9.17) is 11.6 Å². The van der Waals surface area contributed by atoms with Gasteiger partial charge >= 0.3 is 0 Å². The number of pyridine rings is 2. The number of nitrogens with zero attached hydrogens (tertiary/aromatic N) is 4. The normalized spacial score (nSPS) is 15.2. The van der Waals surface area contributed by atoms with Gasteiger partial charge in [0.05, 0.1) is 11.2 Å².